The zero-order chi connectivity index (χ0) is 17.2. The molecule has 0 aliphatic heterocycles. The van der Waals surface area contributed by atoms with E-state index in [9.17, 15) is 8.42 Å². The standard InChI is InChI=1S/C15H17N5O3S/c1-3-20-14(7-8-16-20)24(21,22)17-10-13-18-15(19-23-13)12-6-4-5-11(2)9-12/h4-9,17H,3,10H2,1-2H3. The van der Waals surface area contributed by atoms with E-state index in [0.29, 0.717) is 12.4 Å². The van der Waals surface area contributed by atoms with Gasteiger partial charge in [-0.1, -0.05) is 28.9 Å². The fourth-order valence-corrected chi connectivity index (χ4v) is 3.40. The molecule has 3 aromatic rings. The minimum atomic E-state index is -3.70. The van der Waals surface area contributed by atoms with E-state index in [-0.39, 0.29) is 17.5 Å². The van der Waals surface area contributed by atoms with E-state index in [0.717, 1.165) is 11.1 Å². The summed E-state index contributed by atoms with van der Waals surface area (Å²) in [5.41, 5.74) is 1.89. The Morgan fingerprint density at radius 2 is 2.12 bits per heavy atom. The second-order valence-electron chi connectivity index (χ2n) is 5.19. The highest BCUT2D eigenvalue weighted by atomic mass is 32.2. The lowest BCUT2D eigenvalue weighted by molar-refractivity contribution is 0.375. The second kappa shape index (κ2) is 6.54. The topological polar surface area (TPSA) is 103 Å². The van der Waals surface area contributed by atoms with Gasteiger partial charge in [-0.05, 0) is 26.0 Å². The van der Waals surface area contributed by atoms with Crippen molar-refractivity contribution in [3.63, 3.8) is 0 Å². The highest BCUT2D eigenvalue weighted by molar-refractivity contribution is 7.89. The highest BCUT2D eigenvalue weighted by Crippen LogP contribution is 2.17. The van der Waals surface area contributed by atoms with Gasteiger partial charge in [0.1, 0.15) is 0 Å². The van der Waals surface area contributed by atoms with Gasteiger partial charge in [0.05, 0.1) is 12.7 Å². The summed E-state index contributed by atoms with van der Waals surface area (Å²) < 4.78 is 33.6. The molecular formula is C15H17N5O3S. The molecule has 1 N–H and O–H groups in total. The van der Waals surface area contributed by atoms with Gasteiger partial charge in [-0.25, -0.2) is 13.1 Å². The van der Waals surface area contributed by atoms with Crippen molar-refractivity contribution in [1.82, 2.24) is 24.6 Å². The fraction of sp³-hybridized carbons (Fsp3) is 0.267. The minimum absolute atomic E-state index is 0.0873. The third kappa shape index (κ3) is 3.36. The Balaban J connectivity index is 1.74. The second-order valence-corrected chi connectivity index (χ2v) is 6.90. The molecule has 0 aliphatic carbocycles. The largest absolute Gasteiger partial charge is 0.338 e. The minimum Gasteiger partial charge on any atom is -0.338 e. The molecule has 24 heavy (non-hydrogen) atoms. The Morgan fingerprint density at radius 3 is 2.88 bits per heavy atom. The van der Waals surface area contributed by atoms with Gasteiger partial charge in [-0.15, -0.1) is 0 Å². The van der Waals surface area contributed by atoms with E-state index in [1.165, 1.54) is 16.9 Å². The number of hydrogen-bond acceptors (Lipinski definition) is 6. The van der Waals surface area contributed by atoms with Crippen LogP contribution in [0.5, 0.6) is 0 Å². The average molecular weight is 347 g/mol. The molecule has 0 bridgehead atoms. The van der Waals surface area contributed by atoms with Crippen molar-refractivity contribution >= 4 is 10.0 Å². The fourth-order valence-electron chi connectivity index (χ4n) is 2.25. The summed E-state index contributed by atoms with van der Waals surface area (Å²) in [6, 6.07) is 9.10. The molecule has 0 unspecified atom stereocenters. The summed E-state index contributed by atoms with van der Waals surface area (Å²) in [6.45, 7) is 4.16. The van der Waals surface area contributed by atoms with Gasteiger partial charge < -0.3 is 4.52 Å². The number of sulfonamides is 1. The molecule has 0 radical (unpaired) electrons. The zero-order valence-electron chi connectivity index (χ0n) is 13.3. The number of nitrogens with one attached hydrogen (secondary N) is 1. The molecular weight excluding hydrogens is 330 g/mol. The van der Waals surface area contributed by atoms with Gasteiger partial charge in [-0.2, -0.15) is 10.1 Å². The predicted octanol–water partition coefficient (Wildman–Crippen LogP) is 1.74. The summed E-state index contributed by atoms with van der Waals surface area (Å²) in [7, 11) is -3.70. The molecule has 126 valence electrons. The smallest absolute Gasteiger partial charge is 0.258 e. The molecule has 9 heteroatoms. The average Bonchev–Trinajstić information content (AvgIpc) is 3.22. The van der Waals surface area contributed by atoms with Crippen molar-refractivity contribution in [2.75, 3.05) is 0 Å². The lowest BCUT2D eigenvalue weighted by atomic mass is 10.1. The molecule has 0 aliphatic rings. The molecule has 1 aromatic carbocycles. The molecule has 0 spiro atoms. The van der Waals surface area contributed by atoms with Crippen molar-refractivity contribution < 1.29 is 12.9 Å². The lowest BCUT2D eigenvalue weighted by Gasteiger charge is -2.06. The lowest BCUT2D eigenvalue weighted by Crippen LogP contribution is -2.26. The number of benzene rings is 1. The van der Waals surface area contributed by atoms with E-state index < -0.39 is 10.0 Å². The van der Waals surface area contributed by atoms with Crippen molar-refractivity contribution in [2.24, 2.45) is 0 Å². The molecule has 8 nitrogen and oxygen atoms in total. The van der Waals surface area contributed by atoms with Crippen molar-refractivity contribution in [3.05, 3.63) is 48.0 Å². The number of rotatable bonds is 6. The summed E-state index contributed by atoms with van der Waals surface area (Å²) in [4.78, 5) is 4.22. The number of aryl methyl sites for hydroxylation is 2. The first-order valence-electron chi connectivity index (χ1n) is 7.40. The molecule has 0 atom stereocenters. The maximum Gasteiger partial charge on any atom is 0.258 e. The van der Waals surface area contributed by atoms with Crippen molar-refractivity contribution in [1.29, 1.82) is 0 Å². The Labute approximate surface area is 139 Å². The van der Waals surface area contributed by atoms with E-state index in [1.807, 2.05) is 38.1 Å². The first kappa shape index (κ1) is 16.3. The van der Waals surface area contributed by atoms with Crippen LogP contribution < -0.4 is 4.72 Å². The zero-order valence-corrected chi connectivity index (χ0v) is 14.1. The van der Waals surface area contributed by atoms with Crippen LogP contribution in [0.4, 0.5) is 0 Å². The van der Waals surface area contributed by atoms with Crippen LogP contribution in [-0.2, 0) is 23.1 Å². The maximum atomic E-state index is 12.3. The van der Waals surface area contributed by atoms with Gasteiger partial charge in [0.2, 0.25) is 11.7 Å². The Bertz CT molecular complexity index is 945. The molecule has 0 amide bonds. The van der Waals surface area contributed by atoms with Gasteiger partial charge >= 0.3 is 0 Å². The Morgan fingerprint density at radius 1 is 1.29 bits per heavy atom. The Kier molecular flexibility index (Phi) is 4.45. The third-order valence-electron chi connectivity index (χ3n) is 3.41. The van der Waals surface area contributed by atoms with Gasteiger partial charge in [0, 0.05) is 12.1 Å². The van der Waals surface area contributed by atoms with Crippen LogP contribution in [0.1, 0.15) is 18.4 Å². The van der Waals surface area contributed by atoms with Crippen LogP contribution in [0.15, 0.2) is 46.1 Å². The number of hydrogen-bond donors (Lipinski definition) is 1. The summed E-state index contributed by atoms with van der Waals surface area (Å²) in [5.74, 6) is 0.615. The van der Waals surface area contributed by atoms with Gasteiger partial charge in [-0.3, -0.25) is 4.68 Å². The van der Waals surface area contributed by atoms with E-state index in [4.69, 9.17) is 4.52 Å². The maximum absolute atomic E-state index is 12.3. The summed E-state index contributed by atoms with van der Waals surface area (Å²) in [5, 5.41) is 7.94. The Hall–Kier alpha value is -2.52. The van der Waals surface area contributed by atoms with E-state index in [2.05, 4.69) is 20.0 Å². The van der Waals surface area contributed by atoms with E-state index >= 15 is 0 Å². The van der Waals surface area contributed by atoms with Crippen LogP contribution in [0.2, 0.25) is 0 Å². The molecule has 3 rings (SSSR count). The van der Waals surface area contributed by atoms with Crippen LogP contribution in [0.25, 0.3) is 11.4 Å². The summed E-state index contributed by atoms with van der Waals surface area (Å²) in [6.07, 6.45) is 1.45. The van der Waals surface area contributed by atoms with Crippen molar-refractivity contribution in [3.8, 4) is 11.4 Å². The monoisotopic (exact) mass is 347 g/mol. The molecule has 2 heterocycles. The molecule has 0 fully saturated rings. The van der Waals surface area contributed by atoms with Gasteiger partial charge in [0.15, 0.2) is 5.03 Å². The quantitative estimate of drug-likeness (QED) is 0.728. The van der Waals surface area contributed by atoms with Crippen LogP contribution in [-0.4, -0.2) is 28.3 Å². The van der Waals surface area contributed by atoms with Crippen LogP contribution in [0.3, 0.4) is 0 Å². The third-order valence-corrected chi connectivity index (χ3v) is 4.83. The highest BCUT2D eigenvalue weighted by Gasteiger charge is 2.20. The van der Waals surface area contributed by atoms with Crippen molar-refractivity contribution in [2.45, 2.75) is 32.0 Å². The molecule has 0 saturated carbocycles. The predicted molar refractivity (Wildman–Crippen MR) is 86.4 cm³/mol. The van der Waals surface area contributed by atoms with E-state index in [1.54, 1.807) is 0 Å². The first-order chi connectivity index (χ1) is 11.5. The van der Waals surface area contributed by atoms with Crippen LogP contribution >= 0.6 is 0 Å². The molecule has 0 saturated heterocycles. The number of nitrogens with zero attached hydrogens (tertiary/aromatic N) is 4. The van der Waals surface area contributed by atoms with Gasteiger partial charge in [0.25, 0.3) is 10.0 Å². The first-order valence-corrected chi connectivity index (χ1v) is 8.89. The summed E-state index contributed by atoms with van der Waals surface area (Å²) >= 11 is 0. The number of aromatic nitrogens is 4. The normalized spacial score (nSPS) is 11.8. The molecule has 2 aromatic heterocycles. The SMILES string of the molecule is CCn1nccc1S(=O)(=O)NCc1nc(-c2cccc(C)c2)no1. The van der Waals surface area contributed by atoms with Crippen LogP contribution in [0, 0.1) is 6.92 Å².